The van der Waals surface area contributed by atoms with Gasteiger partial charge in [-0.15, -0.1) is 0 Å². The van der Waals surface area contributed by atoms with Crippen LogP contribution in [-0.2, 0) is 25.4 Å². The van der Waals surface area contributed by atoms with Crippen molar-refractivity contribution in [3.63, 3.8) is 0 Å². The van der Waals surface area contributed by atoms with Crippen LogP contribution in [0.4, 0.5) is 0 Å². The van der Waals surface area contributed by atoms with Gasteiger partial charge < -0.3 is 93.7 Å². The predicted octanol–water partition coefficient (Wildman–Crippen LogP) is -2.11. The maximum Gasteiger partial charge on any atom is 0.239 e. The normalized spacial score (nSPS) is 35.0. The van der Waals surface area contributed by atoms with Crippen LogP contribution in [0.5, 0.6) is 23.0 Å². The Labute approximate surface area is 336 Å². The fourth-order valence-electron chi connectivity index (χ4n) is 7.00. The fourth-order valence-corrected chi connectivity index (χ4v) is 7.00. The number of methoxy groups -OCH3 is 1. The zero-order chi connectivity index (χ0) is 43.0. The number of hydrogen-bond donors (Lipinski definition) is 11. The van der Waals surface area contributed by atoms with Gasteiger partial charge in [0.1, 0.15) is 95.4 Å². The lowest BCUT2D eigenvalue weighted by atomic mass is 9.97. The van der Waals surface area contributed by atoms with E-state index in [1.165, 1.54) is 26.2 Å². The summed E-state index contributed by atoms with van der Waals surface area (Å²) in [7, 11) is 1.44. The molecule has 59 heavy (non-hydrogen) atoms. The van der Waals surface area contributed by atoms with E-state index in [-0.39, 0.29) is 34.6 Å². The zero-order valence-corrected chi connectivity index (χ0v) is 32.3. The number of hydrogen-bond acceptors (Lipinski definition) is 20. The summed E-state index contributed by atoms with van der Waals surface area (Å²) in [6, 6.07) is 7.20. The smallest absolute Gasteiger partial charge is 0.239 e. The van der Waals surface area contributed by atoms with Gasteiger partial charge in [0, 0.05) is 17.2 Å². The molecule has 0 saturated carbocycles. The number of ether oxygens (including phenoxy) is 7. The molecule has 3 aliphatic rings. The first-order valence-corrected chi connectivity index (χ1v) is 18.8. The monoisotopic (exact) mass is 838 g/mol. The average Bonchev–Trinajstić information content (AvgIpc) is 3.21. The number of aliphatic hydroxyl groups is 10. The zero-order valence-electron chi connectivity index (χ0n) is 32.3. The molecule has 0 radical (unpaired) electrons. The van der Waals surface area contributed by atoms with Gasteiger partial charge in [0.05, 0.1) is 26.4 Å². The van der Waals surface area contributed by atoms with Crippen molar-refractivity contribution in [2.75, 3.05) is 20.3 Å². The Balaban J connectivity index is 1.45. The van der Waals surface area contributed by atoms with Crippen LogP contribution < -0.4 is 19.6 Å². The fraction of sp³-hybridized carbons (Fsp3) is 0.564. The summed E-state index contributed by atoms with van der Waals surface area (Å²) >= 11 is 0. The summed E-state index contributed by atoms with van der Waals surface area (Å²) in [5.74, 6) is -1.30. The predicted molar refractivity (Wildman–Crippen MR) is 199 cm³/mol. The highest BCUT2D eigenvalue weighted by Crippen LogP contribution is 2.42. The van der Waals surface area contributed by atoms with Gasteiger partial charge in [-0.25, -0.2) is 0 Å². The van der Waals surface area contributed by atoms with Crippen molar-refractivity contribution in [2.24, 2.45) is 0 Å². The molecule has 15 atom stereocenters. The standard InChI is InChI=1S/C39H50O20/c1-14(2)5-10-18-20(54-37-30(49)28(47)25(44)21(12-40)55-37)11-19(42)23-27(46)36(33(57-34(18)23)16-6-8-17(52-4)9-7-16)59-39-32(51)35(24(43)15(3)53-39)58-38-31(50)29(48)26(45)22(13-41)56-38/h5-9,11,15,21-22,24-26,28-32,35,37-45,47-51H,10,12-13H2,1-4H3/t15-,21-,22+,24-,25-,26-,28+,29-,30-,31+,32+,35+,37-,38-,39-/m1/s1. The molecule has 1 aromatic heterocycles. The van der Waals surface area contributed by atoms with Gasteiger partial charge in [0.15, 0.2) is 12.1 Å². The van der Waals surface area contributed by atoms with E-state index in [1.807, 2.05) is 0 Å². The third-order valence-corrected chi connectivity index (χ3v) is 10.5. The van der Waals surface area contributed by atoms with Crippen LogP contribution in [0, 0.1) is 0 Å². The summed E-state index contributed by atoms with van der Waals surface area (Å²) in [5.41, 5.74) is -0.00688. The molecule has 0 bridgehead atoms. The average molecular weight is 839 g/mol. The maximum atomic E-state index is 14.6. The summed E-state index contributed by atoms with van der Waals surface area (Å²) in [6.45, 7) is 3.48. The lowest BCUT2D eigenvalue weighted by Crippen LogP contribution is -2.64. The first kappa shape index (κ1) is 44.6. The van der Waals surface area contributed by atoms with Crippen LogP contribution in [0.1, 0.15) is 26.3 Å². The molecule has 326 valence electrons. The maximum absolute atomic E-state index is 14.6. The Kier molecular flexibility index (Phi) is 13.9. The lowest BCUT2D eigenvalue weighted by molar-refractivity contribution is -0.350. The molecule has 0 amide bonds. The highest BCUT2D eigenvalue weighted by atomic mass is 16.7. The van der Waals surface area contributed by atoms with Crippen molar-refractivity contribution in [1.29, 1.82) is 0 Å². The first-order chi connectivity index (χ1) is 28.0. The Hall–Kier alpha value is -3.97. The van der Waals surface area contributed by atoms with Gasteiger partial charge >= 0.3 is 0 Å². The van der Waals surface area contributed by atoms with Gasteiger partial charge in [-0.05, 0) is 51.5 Å². The Morgan fingerprint density at radius 3 is 1.90 bits per heavy atom. The van der Waals surface area contributed by atoms with Crippen molar-refractivity contribution < 1.29 is 93.7 Å². The summed E-state index contributed by atoms with van der Waals surface area (Å²) < 4.78 is 46.2. The lowest BCUT2D eigenvalue weighted by Gasteiger charge is -2.45. The molecule has 0 unspecified atom stereocenters. The number of fused-ring (bicyclic) bond motifs is 1. The van der Waals surface area contributed by atoms with Gasteiger partial charge in [0.2, 0.25) is 23.8 Å². The summed E-state index contributed by atoms with van der Waals surface area (Å²) in [4.78, 5) is 14.6. The molecule has 4 heterocycles. The van der Waals surface area contributed by atoms with Crippen molar-refractivity contribution in [3.05, 3.63) is 57.8 Å². The van der Waals surface area contributed by atoms with E-state index in [9.17, 15) is 61.0 Å². The number of benzene rings is 2. The molecular weight excluding hydrogens is 788 g/mol. The number of rotatable bonds is 12. The van der Waals surface area contributed by atoms with E-state index in [0.717, 1.165) is 11.6 Å². The van der Waals surface area contributed by atoms with E-state index in [2.05, 4.69) is 0 Å². The van der Waals surface area contributed by atoms with Gasteiger partial charge in [-0.1, -0.05) is 11.6 Å². The minimum atomic E-state index is -1.96. The van der Waals surface area contributed by atoms with Gasteiger partial charge in [-0.3, -0.25) is 4.79 Å². The van der Waals surface area contributed by atoms with Crippen LogP contribution in [0.15, 0.2) is 51.2 Å². The van der Waals surface area contributed by atoms with E-state index in [4.69, 9.17) is 37.6 Å². The molecular formula is C39H50O20. The Morgan fingerprint density at radius 2 is 1.32 bits per heavy atom. The molecule has 3 fully saturated rings. The molecule has 3 saturated heterocycles. The number of phenolic OH excluding ortho intramolecular Hbond substituents is 1. The Morgan fingerprint density at radius 1 is 0.746 bits per heavy atom. The van der Waals surface area contributed by atoms with E-state index >= 15 is 0 Å². The van der Waals surface area contributed by atoms with Crippen LogP contribution in [0.25, 0.3) is 22.3 Å². The topological polar surface area (TPSA) is 317 Å². The number of phenols is 1. The largest absolute Gasteiger partial charge is 0.507 e. The van der Waals surface area contributed by atoms with Crippen molar-refractivity contribution in [3.8, 4) is 34.3 Å². The van der Waals surface area contributed by atoms with Gasteiger partial charge in [-0.2, -0.15) is 0 Å². The van der Waals surface area contributed by atoms with Crippen LogP contribution in [-0.4, -0.2) is 169 Å². The van der Waals surface area contributed by atoms with E-state index < -0.39 is 128 Å². The van der Waals surface area contributed by atoms with Gasteiger partial charge in [0.25, 0.3) is 0 Å². The molecule has 11 N–H and O–H groups in total. The number of aliphatic hydroxyl groups excluding tert-OH is 10. The third-order valence-electron chi connectivity index (χ3n) is 10.5. The molecule has 3 aromatic rings. The van der Waals surface area contributed by atoms with E-state index in [0.29, 0.717) is 5.75 Å². The molecule has 6 rings (SSSR count). The third kappa shape index (κ3) is 8.79. The van der Waals surface area contributed by atoms with Crippen molar-refractivity contribution in [2.45, 2.75) is 119 Å². The number of aromatic hydroxyl groups is 1. The molecule has 3 aliphatic heterocycles. The van der Waals surface area contributed by atoms with Crippen molar-refractivity contribution >= 4 is 11.0 Å². The number of allylic oxidation sites excluding steroid dienone is 2. The molecule has 2 aromatic carbocycles. The molecule has 0 aliphatic carbocycles. The summed E-state index contributed by atoms with van der Waals surface area (Å²) in [5, 5.41) is 116. The molecule has 0 spiro atoms. The second-order valence-corrected chi connectivity index (χ2v) is 14.8. The first-order valence-electron chi connectivity index (χ1n) is 18.8. The van der Waals surface area contributed by atoms with E-state index in [1.54, 1.807) is 32.1 Å². The van der Waals surface area contributed by atoms with Crippen molar-refractivity contribution in [1.82, 2.24) is 0 Å². The van der Waals surface area contributed by atoms with Crippen LogP contribution >= 0.6 is 0 Å². The molecule has 20 heteroatoms. The highest BCUT2D eigenvalue weighted by molar-refractivity contribution is 5.91. The van der Waals surface area contributed by atoms with Crippen LogP contribution in [0.3, 0.4) is 0 Å². The SMILES string of the molecule is COc1ccc(-c2oc3c(CC=C(C)C)c(O[C@@H]4O[C@H](CO)[C@@H](O)[C@H](O)[C@H]4O)cc(O)c3c(=O)c2O[C@H]2O[C@H](C)[C@@H](O)[C@H](O[C@H]3O[C@@H](CO)[C@@H](O)[C@@H](O)[C@@H]3O)[C@@H]2O)cc1. The molecule has 20 nitrogen and oxygen atoms in total. The highest BCUT2D eigenvalue weighted by Gasteiger charge is 2.51. The Bertz CT molecular complexity index is 1990. The quantitative estimate of drug-likeness (QED) is 0.0870. The second kappa shape index (κ2) is 18.3. The minimum absolute atomic E-state index is 0.00783. The minimum Gasteiger partial charge on any atom is -0.507 e. The summed E-state index contributed by atoms with van der Waals surface area (Å²) in [6.07, 6.45) is -23.4. The van der Waals surface area contributed by atoms with Crippen LogP contribution in [0.2, 0.25) is 0 Å². The second-order valence-electron chi connectivity index (χ2n) is 14.8.